The van der Waals surface area contributed by atoms with Gasteiger partial charge in [0.2, 0.25) is 0 Å². The van der Waals surface area contributed by atoms with Crippen molar-refractivity contribution in [2.45, 2.75) is 12.8 Å². The number of H-pyrrole nitrogens is 1. The first-order chi connectivity index (χ1) is 8.20. The Morgan fingerprint density at radius 2 is 2.24 bits per heavy atom. The van der Waals surface area contributed by atoms with Crippen molar-refractivity contribution in [2.75, 3.05) is 6.61 Å². The first-order valence-corrected chi connectivity index (χ1v) is 5.68. The van der Waals surface area contributed by atoms with Gasteiger partial charge < -0.3 is 10.1 Å². The third kappa shape index (κ3) is 2.84. The molecule has 2 rings (SSSR count). The number of hydrogen-bond donors (Lipinski definition) is 2. The van der Waals surface area contributed by atoms with Crippen LogP contribution in [-0.4, -0.2) is 21.7 Å². The van der Waals surface area contributed by atoms with E-state index in [1.807, 2.05) is 0 Å². The van der Waals surface area contributed by atoms with Crippen LogP contribution in [0.1, 0.15) is 12.2 Å². The molecule has 3 nitrogen and oxygen atoms in total. The number of benzene rings is 1. The van der Waals surface area contributed by atoms with Gasteiger partial charge in [-0.2, -0.15) is 0 Å². The van der Waals surface area contributed by atoms with Gasteiger partial charge in [0.15, 0.2) is 0 Å². The molecule has 0 amide bonds. The lowest BCUT2D eigenvalue weighted by Gasteiger charge is -1.99. The Balaban J connectivity index is 2.21. The van der Waals surface area contributed by atoms with Crippen LogP contribution < -0.4 is 0 Å². The molecular formula is C12H12ClFN2O. The van der Waals surface area contributed by atoms with E-state index in [0.29, 0.717) is 12.8 Å². The molecule has 0 saturated carbocycles. The van der Waals surface area contributed by atoms with Crippen LogP contribution in [-0.2, 0) is 6.42 Å². The van der Waals surface area contributed by atoms with E-state index in [0.717, 1.165) is 17.1 Å². The molecule has 0 aliphatic carbocycles. The van der Waals surface area contributed by atoms with E-state index in [-0.39, 0.29) is 11.6 Å². The monoisotopic (exact) mass is 254 g/mol. The van der Waals surface area contributed by atoms with Gasteiger partial charge in [0.05, 0.1) is 16.9 Å². The minimum absolute atomic E-state index is 0.0917. The molecule has 0 unspecified atom stereocenters. The number of rotatable bonds is 4. The summed E-state index contributed by atoms with van der Waals surface area (Å²) >= 11 is 5.71. The van der Waals surface area contributed by atoms with E-state index in [2.05, 4.69) is 9.97 Å². The van der Waals surface area contributed by atoms with Gasteiger partial charge in [-0.25, -0.2) is 9.37 Å². The van der Waals surface area contributed by atoms with Crippen molar-refractivity contribution in [3.05, 3.63) is 41.1 Å². The van der Waals surface area contributed by atoms with Gasteiger partial charge >= 0.3 is 0 Å². The maximum Gasteiger partial charge on any atom is 0.141 e. The minimum atomic E-state index is -0.435. The summed E-state index contributed by atoms with van der Waals surface area (Å²) in [5.74, 6) is 0.366. The molecule has 2 aromatic rings. The Morgan fingerprint density at radius 1 is 1.41 bits per heavy atom. The number of aryl methyl sites for hydroxylation is 1. The molecule has 0 saturated heterocycles. The molecule has 0 radical (unpaired) electrons. The van der Waals surface area contributed by atoms with Crippen LogP contribution >= 0.6 is 11.6 Å². The zero-order valence-electron chi connectivity index (χ0n) is 9.08. The van der Waals surface area contributed by atoms with Gasteiger partial charge in [-0.05, 0) is 24.6 Å². The zero-order valence-corrected chi connectivity index (χ0v) is 9.84. The standard InChI is InChI=1S/C12H12ClFN2O/c13-9-6-8(3-4-10(9)14)11-7-15-12(16-11)2-1-5-17/h3-4,6-7,17H,1-2,5H2,(H,15,16). The lowest BCUT2D eigenvalue weighted by atomic mass is 10.2. The Labute approximate surface area is 103 Å². The number of aromatic nitrogens is 2. The lowest BCUT2D eigenvalue weighted by Crippen LogP contribution is -1.91. The van der Waals surface area contributed by atoms with Crippen molar-refractivity contribution in [1.82, 2.24) is 9.97 Å². The highest BCUT2D eigenvalue weighted by Crippen LogP contribution is 2.23. The highest BCUT2D eigenvalue weighted by Gasteiger charge is 2.06. The fourth-order valence-corrected chi connectivity index (χ4v) is 1.73. The summed E-state index contributed by atoms with van der Waals surface area (Å²) in [4.78, 5) is 7.29. The van der Waals surface area contributed by atoms with E-state index < -0.39 is 5.82 Å². The van der Waals surface area contributed by atoms with E-state index >= 15 is 0 Å². The van der Waals surface area contributed by atoms with E-state index in [1.165, 1.54) is 6.07 Å². The summed E-state index contributed by atoms with van der Waals surface area (Å²) in [6.07, 6.45) is 3.03. The molecule has 0 bridgehead atoms. The second-order valence-corrected chi connectivity index (χ2v) is 4.11. The number of aliphatic hydroxyl groups is 1. The molecular weight excluding hydrogens is 243 g/mol. The number of nitrogens with zero attached hydrogens (tertiary/aromatic N) is 1. The first-order valence-electron chi connectivity index (χ1n) is 5.31. The van der Waals surface area contributed by atoms with Gasteiger partial charge in [0.25, 0.3) is 0 Å². The van der Waals surface area contributed by atoms with Crippen molar-refractivity contribution >= 4 is 11.6 Å². The number of nitrogens with one attached hydrogen (secondary N) is 1. The maximum absolute atomic E-state index is 13.0. The highest BCUT2D eigenvalue weighted by atomic mass is 35.5. The van der Waals surface area contributed by atoms with Gasteiger partial charge in [-0.1, -0.05) is 11.6 Å². The summed E-state index contributed by atoms with van der Waals surface area (Å²) in [5, 5.41) is 8.81. The van der Waals surface area contributed by atoms with Crippen molar-refractivity contribution < 1.29 is 9.50 Å². The Kier molecular flexibility index (Phi) is 3.76. The average molecular weight is 255 g/mol. The second kappa shape index (κ2) is 5.29. The summed E-state index contributed by atoms with van der Waals surface area (Å²) in [5.41, 5.74) is 1.58. The molecule has 17 heavy (non-hydrogen) atoms. The molecule has 0 aliphatic heterocycles. The van der Waals surface area contributed by atoms with Crippen LogP contribution in [0.15, 0.2) is 24.4 Å². The van der Waals surface area contributed by atoms with Gasteiger partial charge in [-0.3, -0.25) is 0 Å². The number of aliphatic hydroxyl groups excluding tert-OH is 1. The van der Waals surface area contributed by atoms with Crippen molar-refractivity contribution in [1.29, 1.82) is 0 Å². The Morgan fingerprint density at radius 3 is 2.94 bits per heavy atom. The predicted molar refractivity (Wildman–Crippen MR) is 64.4 cm³/mol. The third-order valence-corrected chi connectivity index (χ3v) is 2.72. The molecule has 1 heterocycles. The Bertz CT molecular complexity index is 513. The number of aromatic amines is 1. The quantitative estimate of drug-likeness (QED) is 0.881. The van der Waals surface area contributed by atoms with Crippen molar-refractivity contribution in [3.63, 3.8) is 0 Å². The summed E-state index contributed by atoms with van der Waals surface area (Å²) in [7, 11) is 0. The molecule has 0 aliphatic rings. The zero-order chi connectivity index (χ0) is 12.3. The molecule has 2 N–H and O–H groups in total. The summed E-state index contributed by atoms with van der Waals surface area (Å²) in [6, 6.07) is 4.52. The smallest absolute Gasteiger partial charge is 0.141 e. The first kappa shape index (κ1) is 12.1. The van der Waals surface area contributed by atoms with Crippen molar-refractivity contribution in [2.24, 2.45) is 0 Å². The van der Waals surface area contributed by atoms with Crippen molar-refractivity contribution in [3.8, 4) is 11.3 Å². The van der Waals surface area contributed by atoms with Gasteiger partial charge in [0, 0.05) is 18.6 Å². The predicted octanol–water partition coefficient (Wildman–Crippen LogP) is 2.79. The lowest BCUT2D eigenvalue weighted by molar-refractivity contribution is 0.287. The van der Waals surface area contributed by atoms with Crippen LogP contribution in [0, 0.1) is 5.82 Å². The molecule has 0 spiro atoms. The fourth-order valence-electron chi connectivity index (χ4n) is 1.55. The molecule has 1 aromatic carbocycles. The normalized spacial score (nSPS) is 10.8. The molecule has 5 heteroatoms. The van der Waals surface area contributed by atoms with Crippen LogP contribution in [0.25, 0.3) is 11.3 Å². The molecule has 90 valence electrons. The third-order valence-electron chi connectivity index (χ3n) is 2.43. The number of imidazole rings is 1. The largest absolute Gasteiger partial charge is 0.396 e. The van der Waals surface area contributed by atoms with Crippen LogP contribution in [0.3, 0.4) is 0 Å². The SMILES string of the molecule is OCCCc1ncc(-c2ccc(F)c(Cl)c2)[nH]1. The summed E-state index contributed by atoms with van der Waals surface area (Å²) in [6.45, 7) is 0.137. The molecule has 0 atom stereocenters. The topological polar surface area (TPSA) is 48.9 Å². The minimum Gasteiger partial charge on any atom is -0.396 e. The van der Waals surface area contributed by atoms with Gasteiger partial charge in [0.1, 0.15) is 11.6 Å². The maximum atomic E-state index is 13.0. The summed E-state index contributed by atoms with van der Waals surface area (Å²) < 4.78 is 13.0. The highest BCUT2D eigenvalue weighted by molar-refractivity contribution is 6.31. The Hall–Kier alpha value is -1.39. The van der Waals surface area contributed by atoms with Crippen LogP contribution in [0.5, 0.6) is 0 Å². The molecule has 0 fully saturated rings. The number of halogens is 2. The second-order valence-electron chi connectivity index (χ2n) is 3.70. The van der Waals surface area contributed by atoms with Gasteiger partial charge in [-0.15, -0.1) is 0 Å². The van der Waals surface area contributed by atoms with E-state index in [4.69, 9.17) is 16.7 Å². The van der Waals surface area contributed by atoms with E-state index in [9.17, 15) is 4.39 Å². The average Bonchev–Trinajstić information content (AvgIpc) is 2.79. The fraction of sp³-hybridized carbons (Fsp3) is 0.250. The molecule has 1 aromatic heterocycles. The number of hydrogen-bond acceptors (Lipinski definition) is 2. The van der Waals surface area contributed by atoms with E-state index in [1.54, 1.807) is 18.3 Å². The van der Waals surface area contributed by atoms with Crippen LogP contribution in [0.2, 0.25) is 5.02 Å². The van der Waals surface area contributed by atoms with Crippen LogP contribution in [0.4, 0.5) is 4.39 Å².